The third kappa shape index (κ3) is 4.49. The molecule has 2 saturated heterocycles. The molecule has 5 heteroatoms. The van der Waals surface area contributed by atoms with E-state index in [1.54, 1.807) is 0 Å². The SMILES string of the molecule is Cc1ccc(C2(c3ccc(C)cc3)NC(=O)N(CCCCN3CCC4(C=Cc5ccccc54)CC3)C2=O)cc1. The number of amides is 3. The highest BCUT2D eigenvalue weighted by molar-refractivity contribution is 6.09. The van der Waals surface area contributed by atoms with Crippen LogP contribution in [-0.2, 0) is 15.7 Å². The van der Waals surface area contributed by atoms with Crippen LogP contribution >= 0.6 is 0 Å². The van der Waals surface area contributed by atoms with Crippen LogP contribution in [0.4, 0.5) is 4.79 Å². The Morgan fingerprint density at radius 2 is 1.36 bits per heavy atom. The first-order valence-electron chi connectivity index (χ1n) is 14.2. The molecular formula is C34H37N3O2. The number of imide groups is 1. The molecule has 39 heavy (non-hydrogen) atoms. The number of rotatable bonds is 7. The van der Waals surface area contributed by atoms with Gasteiger partial charge in [-0.05, 0) is 81.4 Å². The summed E-state index contributed by atoms with van der Waals surface area (Å²) in [4.78, 5) is 31.1. The van der Waals surface area contributed by atoms with Crippen LogP contribution in [0.5, 0.6) is 0 Å². The molecule has 6 rings (SSSR count). The molecule has 2 heterocycles. The van der Waals surface area contributed by atoms with Crippen LogP contribution in [0.3, 0.4) is 0 Å². The van der Waals surface area contributed by atoms with Gasteiger partial charge >= 0.3 is 6.03 Å². The van der Waals surface area contributed by atoms with Gasteiger partial charge in [-0.25, -0.2) is 4.79 Å². The first kappa shape index (κ1) is 25.6. The van der Waals surface area contributed by atoms with E-state index in [-0.39, 0.29) is 17.4 Å². The Bertz CT molecular complexity index is 1350. The quantitative estimate of drug-likeness (QED) is 0.311. The van der Waals surface area contributed by atoms with Gasteiger partial charge in [-0.3, -0.25) is 9.69 Å². The van der Waals surface area contributed by atoms with E-state index in [0.717, 1.165) is 67.6 Å². The van der Waals surface area contributed by atoms with Gasteiger partial charge in [0.15, 0.2) is 5.54 Å². The second-order valence-electron chi connectivity index (χ2n) is 11.5. The van der Waals surface area contributed by atoms with Crippen LogP contribution in [0.2, 0.25) is 0 Å². The lowest BCUT2D eigenvalue weighted by molar-refractivity contribution is -0.130. The number of carbonyl (C=O) groups excluding carboxylic acids is 2. The summed E-state index contributed by atoms with van der Waals surface area (Å²) in [6.07, 6.45) is 8.74. The molecular weight excluding hydrogens is 482 g/mol. The zero-order chi connectivity index (χ0) is 27.0. The Morgan fingerprint density at radius 1 is 0.769 bits per heavy atom. The molecule has 0 saturated carbocycles. The lowest BCUT2D eigenvalue weighted by Gasteiger charge is -2.39. The van der Waals surface area contributed by atoms with Crippen LogP contribution < -0.4 is 5.32 Å². The molecule has 200 valence electrons. The Kier molecular flexibility index (Phi) is 6.64. The minimum Gasteiger partial charge on any atom is -0.315 e. The van der Waals surface area contributed by atoms with E-state index in [4.69, 9.17) is 0 Å². The predicted molar refractivity (Wildman–Crippen MR) is 155 cm³/mol. The van der Waals surface area contributed by atoms with Crippen LogP contribution in [0.15, 0.2) is 78.9 Å². The average molecular weight is 520 g/mol. The molecule has 0 unspecified atom stereocenters. The van der Waals surface area contributed by atoms with Crippen LogP contribution in [0.1, 0.15) is 59.1 Å². The second-order valence-corrected chi connectivity index (χ2v) is 11.5. The predicted octanol–water partition coefficient (Wildman–Crippen LogP) is 5.94. The zero-order valence-electron chi connectivity index (χ0n) is 23.0. The Labute approximate surface area is 231 Å². The van der Waals surface area contributed by atoms with Crippen molar-refractivity contribution in [1.82, 2.24) is 15.1 Å². The molecule has 3 amide bonds. The lowest BCUT2D eigenvalue weighted by Crippen LogP contribution is -2.45. The number of fused-ring (bicyclic) bond motifs is 2. The van der Waals surface area contributed by atoms with Gasteiger partial charge in [0.1, 0.15) is 0 Å². The van der Waals surface area contributed by atoms with E-state index in [0.29, 0.717) is 6.54 Å². The fourth-order valence-electron chi connectivity index (χ4n) is 6.60. The maximum Gasteiger partial charge on any atom is 0.325 e. The number of carbonyl (C=O) groups is 2. The fourth-order valence-corrected chi connectivity index (χ4v) is 6.60. The minimum absolute atomic E-state index is 0.188. The largest absolute Gasteiger partial charge is 0.325 e. The number of urea groups is 1. The van der Waals surface area contributed by atoms with Crippen molar-refractivity contribution in [3.63, 3.8) is 0 Å². The molecule has 3 aromatic carbocycles. The molecule has 2 aliphatic heterocycles. The van der Waals surface area contributed by atoms with E-state index in [9.17, 15) is 9.59 Å². The van der Waals surface area contributed by atoms with Gasteiger partial charge in [0.25, 0.3) is 5.91 Å². The van der Waals surface area contributed by atoms with E-state index in [1.807, 2.05) is 62.4 Å². The Balaban J connectivity index is 1.09. The Morgan fingerprint density at radius 3 is 2.00 bits per heavy atom. The van der Waals surface area contributed by atoms with E-state index >= 15 is 0 Å². The van der Waals surface area contributed by atoms with Crippen molar-refractivity contribution in [1.29, 1.82) is 0 Å². The van der Waals surface area contributed by atoms with Gasteiger partial charge in [-0.1, -0.05) is 96.1 Å². The van der Waals surface area contributed by atoms with Crippen molar-refractivity contribution in [2.45, 2.75) is 50.5 Å². The standard InChI is InChI=1S/C34H37N3O2/c1-25-9-13-28(14-10-25)34(29-15-11-26(2)12-16-29)31(38)37(32(39)35-34)22-6-5-21-36-23-19-33(20-24-36)18-17-27-7-3-4-8-30(27)33/h3-4,7-18H,5-6,19-24H2,1-2H3,(H,35,39). The molecule has 1 spiro atoms. The smallest absolute Gasteiger partial charge is 0.315 e. The van der Waals surface area contributed by atoms with Gasteiger partial charge in [0, 0.05) is 12.0 Å². The molecule has 0 aromatic heterocycles. The Hall–Kier alpha value is -3.70. The summed E-state index contributed by atoms with van der Waals surface area (Å²) in [5.41, 5.74) is 5.67. The molecule has 5 nitrogen and oxygen atoms in total. The number of hydrogen-bond acceptors (Lipinski definition) is 3. The van der Waals surface area contributed by atoms with Crippen molar-refractivity contribution >= 4 is 18.0 Å². The number of nitrogens with zero attached hydrogens (tertiary/aromatic N) is 2. The average Bonchev–Trinajstić information content (AvgIpc) is 3.43. The van der Waals surface area contributed by atoms with Gasteiger partial charge in [0.05, 0.1) is 0 Å². The van der Waals surface area contributed by atoms with Gasteiger partial charge in [-0.2, -0.15) is 0 Å². The number of likely N-dealkylation sites (tertiary alicyclic amines) is 1. The van der Waals surface area contributed by atoms with Crippen LogP contribution in [-0.4, -0.2) is 47.9 Å². The summed E-state index contributed by atoms with van der Waals surface area (Å²) in [7, 11) is 0. The summed E-state index contributed by atoms with van der Waals surface area (Å²) in [6, 6.07) is 24.3. The number of benzene rings is 3. The highest BCUT2D eigenvalue weighted by atomic mass is 16.2. The second kappa shape index (κ2) is 10.1. The van der Waals surface area contributed by atoms with Gasteiger partial charge in [0.2, 0.25) is 0 Å². The van der Waals surface area contributed by atoms with Crippen molar-refractivity contribution in [2.24, 2.45) is 0 Å². The van der Waals surface area contributed by atoms with Crippen molar-refractivity contribution in [2.75, 3.05) is 26.2 Å². The zero-order valence-corrected chi connectivity index (χ0v) is 23.0. The van der Waals surface area contributed by atoms with Crippen molar-refractivity contribution < 1.29 is 9.59 Å². The normalized spacial score (nSPS) is 19.5. The van der Waals surface area contributed by atoms with E-state index in [1.165, 1.54) is 16.0 Å². The summed E-state index contributed by atoms with van der Waals surface area (Å²) < 4.78 is 0. The molecule has 3 aromatic rings. The third-order valence-electron chi connectivity index (χ3n) is 9.01. The first-order valence-corrected chi connectivity index (χ1v) is 14.2. The maximum atomic E-state index is 14.0. The van der Waals surface area contributed by atoms with Crippen LogP contribution in [0.25, 0.3) is 6.08 Å². The molecule has 1 aliphatic carbocycles. The maximum absolute atomic E-state index is 14.0. The van der Waals surface area contributed by atoms with Crippen molar-refractivity contribution in [3.8, 4) is 0 Å². The first-order chi connectivity index (χ1) is 18.9. The van der Waals surface area contributed by atoms with E-state index in [2.05, 4.69) is 46.6 Å². The number of nitrogens with one attached hydrogen (secondary N) is 1. The molecule has 0 atom stereocenters. The summed E-state index contributed by atoms with van der Waals surface area (Å²) in [5.74, 6) is -0.188. The van der Waals surface area contributed by atoms with Gasteiger partial charge < -0.3 is 10.2 Å². The molecule has 1 N–H and O–H groups in total. The van der Waals surface area contributed by atoms with Crippen LogP contribution in [0, 0.1) is 13.8 Å². The number of piperidine rings is 1. The molecule has 3 aliphatic rings. The molecule has 2 fully saturated rings. The summed E-state index contributed by atoms with van der Waals surface area (Å²) >= 11 is 0. The minimum atomic E-state index is -1.19. The molecule has 0 bridgehead atoms. The van der Waals surface area contributed by atoms with E-state index < -0.39 is 5.54 Å². The monoisotopic (exact) mass is 519 g/mol. The number of allylic oxidation sites excluding steroid dienone is 1. The summed E-state index contributed by atoms with van der Waals surface area (Å²) in [5, 5.41) is 3.09. The summed E-state index contributed by atoms with van der Waals surface area (Å²) in [6.45, 7) is 7.62. The highest BCUT2D eigenvalue weighted by Crippen LogP contribution is 2.43. The van der Waals surface area contributed by atoms with Gasteiger partial charge in [-0.15, -0.1) is 0 Å². The van der Waals surface area contributed by atoms with Crippen molar-refractivity contribution in [3.05, 3.63) is 112 Å². The topological polar surface area (TPSA) is 52.7 Å². The third-order valence-corrected chi connectivity index (χ3v) is 9.01. The lowest BCUT2D eigenvalue weighted by atomic mass is 9.74. The fraction of sp³-hybridized carbons (Fsp3) is 0.353. The number of aryl methyl sites for hydroxylation is 2. The number of unbranched alkanes of at least 4 members (excludes halogenated alkanes) is 1. The number of hydrogen-bond donors (Lipinski definition) is 1. The molecule has 0 radical (unpaired) electrons. The highest BCUT2D eigenvalue weighted by Gasteiger charge is 2.53.